The predicted octanol–water partition coefficient (Wildman–Crippen LogP) is 3.08. The monoisotopic (exact) mass is 476 g/mol. The lowest BCUT2D eigenvalue weighted by molar-refractivity contribution is 0.0135. The average Bonchev–Trinajstić information content (AvgIpc) is 3.28. The third-order valence-corrected chi connectivity index (χ3v) is 5.04. The number of aliphatic imine (C=N–C) groups is 1. The number of hydrogen-bond acceptors (Lipinski definition) is 4. The Hall–Kier alpha value is -0.800. The van der Waals surface area contributed by atoms with Crippen molar-refractivity contribution in [3.8, 4) is 0 Å². The second-order valence-electron chi connectivity index (χ2n) is 6.96. The van der Waals surface area contributed by atoms with E-state index in [0.717, 1.165) is 50.3 Å². The molecule has 1 aromatic rings. The molecule has 2 heterocycles. The van der Waals surface area contributed by atoms with Crippen LogP contribution in [0.4, 0.5) is 0 Å². The SMILES string of the molecule is CCNC(=NCC(c1ccc(C)o1)N1CCOCC1)NC1CCCC1.I. The first-order valence-electron chi connectivity index (χ1n) is 9.69. The van der Waals surface area contributed by atoms with Crippen LogP contribution in [0.5, 0.6) is 0 Å². The molecule has 1 aliphatic carbocycles. The minimum absolute atomic E-state index is 0. The number of morpholine rings is 1. The highest BCUT2D eigenvalue weighted by molar-refractivity contribution is 14.0. The Kier molecular flexibility index (Phi) is 9.21. The van der Waals surface area contributed by atoms with Crippen molar-refractivity contribution in [2.45, 2.75) is 51.6 Å². The average molecular weight is 476 g/mol. The molecule has 6 nitrogen and oxygen atoms in total. The van der Waals surface area contributed by atoms with E-state index >= 15 is 0 Å². The van der Waals surface area contributed by atoms with Gasteiger partial charge in [0.25, 0.3) is 0 Å². The van der Waals surface area contributed by atoms with Gasteiger partial charge in [0.15, 0.2) is 5.96 Å². The van der Waals surface area contributed by atoms with Gasteiger partial charge in [-0.25, -0.2) is 0 Å². The summed E-state index contributed by atoms with van der Waals surface area (Å²) in [6, 6.07) is 4.85. The molecule has 2 N–H and O–H groups in total. The molecule has 1 saturated carbocycles. The molecule has 3 rings (SSSR count). The van der Waals surface area contributed by atoms with Gasteiger partial charge in [0.05, 0.1) is 25.8 Å². The molecule has 0 amide bonds. The van der Waals surface area contributed by atoms with E-state index in [1.807, 2.05) is 13.0 Å². The van der Waals surface area contributed by atoms with Crippen molar-refractivity contribution in [2.75, 3.05) is 39.4 Å². The second kappa shape index (κ2) is 11.1. The number of rotatable bonds is 6. The van der Waals surface area contributed by atoms with Crippen LogP contribution in [-0.2, 0) is 4.74 Å². The molecule has 7 heteroatoms. The van der Waals surface area contributed by atoms with Crippen LogP contribution in [0.2, 0.25) is 0 Å². The number of hydrogen-bond donors (Lipinski definition) is 2. The molecule has 26 heavy (non-hydrogen) atoms. The van der Waals surface area contributed by atoms with E-state index in [9.17, 15) is 0 Å². The van der Waals surface area contributed by atoms with Gasteiger partial charge in [0, 0.05) is 25.7 Å². The zero-order chi connectivity index (χ0) is 17.5. The van der Waals surface area contributed by atoms with Crippen molar-refractivity contribution >= 4 is 29.9 Å². The standard InChI is InChI=1S/C19H32N4O2.HI/c1-3-20-19(22-16-6-4-5-7-16)21-14-17(18-9-8-15(2)25-18)23-10-12-24-13-11-23;/h8-9,16-17H,3-7,10-14H2,1-2H3,(H2,20,21,22);1H. The molecule has 1 aromatic heterocycles. The topological polar surface area (TPSA) is 62.0 Å². The predicted molar refractivity (Wildman–Crippen MR) is 115 cm³/mol. The normalized spacial score (nSPS) is 20.6. The third kappa shape index (κ3) is 6.13. The highest BCUT2D eigenvalue weighted by atomic mass is 127. The molecule has 0 radical (unpaired) electrons. The summed E-state index contributed by atoms with van der Waals surface area (Å²) in [5, 5.41) is 6.99. The van der Waals surface area contributed by atoms with E-state index in [4.69, 9.17) is 14.1 Å². The number of ether oxygens (including phenoxy) is 1. The van der Waals surface area contributed by atoms with Crippen LogP contribution in [0.15, 0.2) is 21.5 Å². The largest absolute Gasteiger partial charge is 0.465 e. The zero-order valence-corrected chi connectivity index (χ0v) is 18.3. The summed E-state index contributed by atoms with van der Waals surface area (Å²) >= 11 is 0. The van der Waals surface area contributed by atoms with Crippen LogP contribution < -0.4 is 10.6 Å². The third-order valence-electron chi connectivity index (χ3n) is 5.04. The van der Waals surface area contributed by atoms with E-state index in [2.05, 4.69) is 28.5 Å². The molecule has 148 valence electrons. The van der Waals surface area contributed by atoms with E-state index in [0.29, 0.717) is 12.6 Å². The number of nitrogens with one attached hydrogen (secondary N) is 2. The first-order valence-corrected chi connectivity index (χ1v) is 9.69. The maximum Gasteiger partial charge on any atom is 0.191 e. The van der Waals surface area contributed by atoms with Crippen molar-refractivity contribution in [3.05, 3.63) is 23.7 Å². The Morgan fingerprint density at radius 1 is 1.27 bits per heavy atom. The Morgan fingerprint density at radius 3 is 2.62 bits per heavy atom. The fourth-order valence-electron chi connectivity index (χ4n) is 3.67. The van der Waals surface area contributed by atoms with Gasteiger partial charge in [0.1, 0.15) is 11.5 Å². The van der Waals surface area contributed by atoms with Crippen LogP contribution in [0.1, 0.15) is 50.2 Å². The first kappa shape index (κ1) is 21.5. The molecule has 0 bridgehead atoms. The maximum absolute atomic E-state index is 5.93. The van der Waals surface area contributed by atoms with Gasteiger partial charge in [0.2, 0.25) is 0 Å². The number of furan rings is 1. The number of nitrogens with zero attached hydrogens (tertiary/aromatic N) is 2. The fraction of sp³-hybridized carbons (Fsp3) is 0.737. The van der Waals surface area contributed by atoms with E-state index in [1.54, 1.807) is 0 Å². The van der Waals surface area contributed by atoms with Crippen LogP contribution in [0.25, 0.3) is 0 Å². The molecule has 1 atom stereocenters. The van der Waals surface area contributed by atoms with Gasteiger partial charge in [-0.1, -0.05) is 12.8 Å². The van der Waals surface area contributed by atoms with Crippen molar-refractivity contribution < 1.29 is 9.15 Å². The molecule has 1 saturated heterocycles. The fourth-order valence-corrected chi connectivity index (χ4v) is 3.67. The summed E-state index contributed by atoms with van der Waals surface area (Å²) in [7, 11) is 0. The van der Waals surface area contributed by atoms with Crippen molar-refractivity contribution in [1.82, 2.24) is 15.5 Å². The lowest BCUT2D eigenvalue weighted by Crippen LogP contribution is -2.44. The van der Waals surface area contributed by atoms with Gasteiger partial charge < -0.3 is 19.8 Å². The molecule has 0 aromatic carbocycles. The number of guanidine groups is 1. The summed E-state index contributed by atoms with van der Waals surface area (Å²) in [4.78, 5) is 7.31. The lowest BCUT2D eigenvalue weighted by Gasteiger charge is -2.32. The second-order valence-corrected chi connectivity index (χ2v) is 6.96. The van der Waals surface area contributed by atoms with Crippen LogP contribution in [-0.4, -0.2) is 56.3 Å². The summed E-state index contributed by atoms with van der Waals surface area (Å²) in [5.41, 5.74) is 0. The zero-order valence-electron chi connectivity index (χ0n) is 16.0. The van der Waals surface area contributed by atoms with E-state index in [-0.39, 0.29) is 30.0 Å². The summed E-state index contributed by atoms with van der Waals surface area (Å²) in [6.45, 7) is 9.07. The van der Waals surface area contributed by atoms with Gasteiger partial charge in [-0.2, -0.15) is 0 Å². The van der Waals surface area contributed by atoms with Gasteiger partial charge >= 0.3 is 0 Å². The van der Waals surface area contributed by atoms with Crippen molar-refractivity contribution in [1.29, 1.82) is 0 Å². The van der Waals surface area contributed by atoms with Crippen molar-refractivity contribution in [2.24, 2.45) is 4.99 Å². The van der Waals surface area contributed by atoms with E-state index in [1.165, 1.54) is 25.7 Å². The van der Waals surface area contributed by atoms with Gasteiger partial charge in [-0.3, -0.25) is 9.89 Å². The summed E-state index contributed by atoms with van der Waals surface area (Å²) in [5.74, 6) is 2.88. The number of aryl methyl sites for hydroxylation is 1. The Morgan fingerprint density at radius 2 is 2.00 bits per heavy atom. The smallest absolute Gasteiger partial charge is 0.191 e. The molecule has 0 spiro atoms. The Labute approximate surface area is 174 Å². The lowest BCUT2D eigenvalue weighted by atomic mass is 10.1. The number of halogens is 1. The van der Waals surface area contributed by atoms with Crippen molar-refractivity contribution in [3.63, 3.8) is 0 Å². The Balaban J connectivity index is 0.00000243. The maximum atomic E-state index is 5.93. The minimum atomic E-state index is 0. The first-order chi connectivity index (χ1) is 12.3. The highest BCUT2D eigenvalue weighted by Crippen LogP contribution is 2.24. The quantitative estimate of drug-likeness (QED) is 0.376. The molecule has 1 aliphatic heterocycles. The molecule has 2 aliphatic rings. The van der Waals surface area contributed by atoms with E-state index < -0.39 is 0 Å². The molecular formula is C19H33IN4O2. The molecule has 2 fully saturated rings. The van der Waals surface area contributed by atoms with Crippen LogP contribution in [0, 0.1) is 6.92 Å². The summed E-state index contributed by atoms with van der Waals surface area (Å²) in [6.07, 6.45) is 5.13. The minimum Gasteiger partial charge on any atom is -0.465 e. The van der Waals surface area contributed by atoms with Crippen LogP contribution in [0.3, 0.4) is 0 Å². The summed E-state index contributed by atoms with van der Waals surface area (Å²) < 4.78 is 11.4. The van der Waals surface area contributed by atoms with Crippen LogP contribution >= 0.6 is 24.0 Å². The van der Waals surface area contributed by atoms with Gasteiger partial charge in [-0.05, 0) is 38.8 Å². The molecular weight excluding hydrogens is 443 g/mol. The van der Waals surface area contributed by atoms with Gasteiger partial charge in [-0.15, -0.1) is 24.0 Å². The molecule has 1 unspecified atom stereocenters. The Bertz CT molecular complexity index is 551. The highest BCUT2D eigenvalue weighted by Gasteiger charge is 2.25.